The zero-order valence-electron chi connectivity index (χ0n) is 15.5. The summed E-state index contributed by atoms with van der Waals surface area (Å²) in [5, 5.41) is 0. The number of carbonyl (C=O) groups excluding carboxylic acids is 1. The fraction of sp³-hybridized carbons (Fsp3) is 0.950. The van der Waals surface area contributed by atoms with Gasteiger partial charge in [-0.05, 0) is 58.4 Å². The van der Waals surface area contributed by atoms with Crippen molar-refractivity contribution in [1.82, 2.24) is 4.90 Å². The monoisotopic (exact) mass is 321 g/mol. The van der Waals surface area contributed by atoms with Crippen molar-refractivity contribution in [2.24, 2.45) is 17.8 Å². The van der Waals surface area contributed by atoms with E-state index in [9.17, 15) is 4.79 Å². The fourth-order valence-corrected chi connectivity index (χ4v) is 5.62. The van der Waals surface area contributed by atoms with Crippen LogP contribution >= 0.6 is 0 Å². The Morgan fingerprint density at radius 1 is 0.957 bits per heavy atom. The van der Waals surface area contributed by atoms with Crippen molar-refractivity contribution >= 4 is 5.97 Å². The zero-order chi connectivity index (χ0) is 16.6. The van der Waals surface area contributed by atoms with Crippen molar-refractivity contribution in [3.63, 3.8) is 0 Å². The minimum Gasteiger partial charge on any atom is -0.459 e. The standard InChI is InChI=1S/C20H35NO2/c1-20(2,3)23-19(22)18-17(14-10-6-5-7-11-14)15-12-8-9-13-16(15)21(18)4/h14-18H,5-13H2,1-4H3/t15?,16?,17-,18-/m0/s1. The first-order valence-electron chi connectivity index (χ1n) is 9.83. The van der Waals surface area contributed by atoms with Gasteiger partial charge < -0.3 is 4.74 Å². The quantitative estimate of drug-likeness (QED) is 0.706. The number of rotatable bonds is 2. The lowest BCUT2D eigenvalue weighted by Gasteiger charge is -2.36. The van der Waals surface area contributed by atoms with Crippen molar-refractivity contribution in [2.75, 3.05) is 7.05 Å². The van der Waals surface area contributed by atoms with Crippen molar-refractivity contribution in [3.05, 3.63) is 0 Å². The van der Waals surface area contributed by atoms with E-state index in [-0.39, 0.29) is 17.6 Å². The van der Waals surface area contributed by atoms with Crippen molar-refractivity contribution in [3.8, 4) is 0 Å². The van der Waals surface area contributed by atoms with Crippen molar-refractivity contribution in [2.45, 2.75) is 96.2 Å². The highest BCUT2D eigenvalue weighted by Gasteiger charge is 2.54. The molecule has 0 aromatic heterocycles. The minimum absolute atomic E-state index is 0.00887. The van der Waals surface area contributed by atoms with Gasteiger partial charge in [0.2, 0.25) is 0 Å². The number of nitrogens with zero attached hydrogens (tertiary/aromatic N) is 1. The van der Waals surface area contributed by atoms with E-state index in [1.54, 1.807) is 0 Å². The molecule has 1 aliphatic heterocycles. The van der Waals surface area contributed by atoms with Gasteiger partial charge in [-0.2, -0.15) is 0 Å². The van der Waals surface area contributed by atoms with Crippen molar-refractivity contribution < 1.29 is 9.53 Å². The molecule has 0 aromatic rings. The largest absolute Gasteiger partial charge is 0.459 e. The van der Waals surface area contributed by atoms with E-state index in [1.165, 1.54) is 57.8 Å². The first-order chi connectivity index (χ1) is 10.9. The summed E-state index contributed by atoms with van der Waals surface area (Å²) in [5.41, 5.74) is -0.386. The van der Waals surface area contributed by atoms with E-state index in [4.69, 9.17) is 4.74 Å². The molecule has 1 saturated heterocycles. The topological polar surface area (TPSA) is 29.5 Å². The zero-order valence-corrected chi connectivity index (χ0v) is 15.5. The smallest absolute Gasteiger partial charge is 0.324 e. The summed E-state index contributed by atoms with van der Waals surface area (Å²) in [6.07, 6.45) is 12.0. The Labute approximate surface area is 142 Å². The van der Waals surface area contributed by atoms with Crippen LogP contribution in [-0.4, -0.2) is 35.6 Å². The molecular formula is C20H35NO2. The molecule has 0 amide bonds. The number of fused-ring (bicyclic) bond motifs is 1. The van der Waals surface area contributed by atoms with Gasteiger partial charge in [-0.3, -0.25) is 9.69 Å². The van der Waals surface area contributed by atoms with E-state index in [0.717, 1.165) is 11.8 Å². The number of hydrogen-bond acceptors (Lipinski definition) is 3. The minimum atomic E-state index is -0.386. The molecule has 0 bridgehead atoms. The molecule has 23 heavy (non-hydrogen) atoms. The van der Waals surface area contributed by atoms with E-state index < -0.39 is 0 Å². The second kappa shape index (κ2) is 6.74. The Hall–Kier alpha value is -0.570. The Morgan fingerprint density at radius 3 is 2.22 bits per heavy atom. The molecule has 132 valence electrons. The molecule has 2 unspecified atom stereocenters. The van der Waals surface area contributed by atoms with Gasteiger partial charge in [0.05, 0.1) is 0 Å². The SMILES string of the molecule is CN1C2CCCCC2[C@H](C2CCCCC2)[C@H]1C(=O)OC(C)(C)C. The molecule has 2 saturated carbocycles. The van der Waals surface area contributed by atoms with Gasteiger partial charge in [-0.25, -0.2) is 0 Å². The van der Waals surface area contributed by atoms with Gasteiger partial charge in [0.25, 0.3) is 0 Å². The second-order valence-electron chi connectivity index (χ2n) is 9.13. The highest BCUT2D eigenvalue weighted by molar-refractivity contribution is 5.77. The average molecular weight is 322 g/mol. The Balaban J connectivity index is 1.84. The molecular weight excluding hydrogens is 286 g/mol. The van der Waals surface area contributed by atoms with Gasteiger partial charge >= 0.3 is 5.97 Å². The molecule has 3 aliphatic rings. The first kappa shape index (κ1) is 17.3. The van der Waals surface area contributed by atoms with Crippen LogP contribution in [0.25, 0.3) is 0 Å². The average Bonchev–Trinajstić information content (AvgIpc) is 2.80. The molecule has 0 N–H and O–H groups in total. The summed E-state index contributed by atoms with van der Waals surface area (Å²) in [4.78, 5) is 15.4. The summed E-state index contributed by atoms with van der Waals surface area (Å²) in [6.45, 7) is 5.97. The number of hydrogen-bond donors (Lipinski definition) is 0. The van der Waals surface area contributed by atoms with Crippen LogP contribution in [0.15, 0.2) is 0 Å². The molecule has 3 heteroatoms. The molecule has 0 spiro atoms. The molecule has 1 heterocycles. The summed E-state index contributed by atoms with van der Waals surface area (Å²) in [5.74, 6) is 2.01. The molecule has 4 atom stereocenters. The van der Waals surface area contributed by atoms with Crippen LogP contribution in [-0.2, 0) is 9.53 Å². The van der Waals surface area contributed by atoms with Gasteiger partial charge in [-0.1, -0.05) is 44.9 Å². The number of carbonyl (C=O) groups is 1. The van der Waals surface area contributed by atoms with Crippen LogP contribution in [0.1, 0.15) is 78.6 Å². The fourth-order valence-electron chi connectivity index (χ4n) is 5.62. The summed E-state index contributed by atoms with van der Waals surface area (Å²) in [6, 6.07) is 0.596. The number of likely N-dealkylation sites (tertiary alicyclic amines) is 1. The predicted molar refractivity (Wildman–Crippen MR) is 93.2 cm³/mol. The summed E-state index contributed by atoms with van der Waals surface area (Å²) >= 11 is 0. The van der Waals surface area contributed by atoms with E-state index in [2.05, 4.69) is 11.9 Å². The molecule has 2 aliphatic carbocycles. The van der Waals surface area contributed by atoms with Crippen LogP contribution in [0.4, 0.5) is 0 Å². The maximum atomic E-state index is 13.0. The van der Waals surface area contributed by atoms with Gasteiger partial charge in [0, 0.05) is 6.04 Å². The van der Waals surface area contributed by atoms with E-state index >= 15 is 0 Å². The lowest BCUT2D eigenvalue weighted by atomic mass is 9.68. The lowest BCUT2D eigenvalue weighted by molar-refractivity contribution is -0.162. The maximum Gasteiger partial charge on any atom is 0.324 e. The first-order valence-corrected chi connectivity index (χ1v) is 9.83. The normalized spacial score (nSPS) is 36.7. The van der Waals surface area contributed by atoms with E-state index in [0.29, 0.717) is 12.0 Å². The Bertz CT molecular complexity index is 422. The number of likely N-dealkylation sites (N-methyl/N-ethyl adjacent to an activating group) is 1. The number of ether oxygens (including phenoxy) is 1. The predicted octanol–water partition coefficient (Wildman–Crippen LogP) is 4.40. The molecule has 0 aromatic carbocycles. The van der Waals surface area contributed by atoms with E-state index in [1.807, 2.05) is 20.8 Å². The molecule has 3 fully saturated rings. The van der Waals surface area contributed by atoms with Gasteiger partial charge in [0.15, 0.2) is 0 Å². The summed E-state index contributed by atoms with van der Waals surface area (Å²) < 4.78 is 5.84. The van der Waals surface area contributed by atoms with Crippen LogP contribution in [0.2, 0.25) is 0 Å². The third-order valence-corrected chi connectivity index (χ3v) is 6.44. The highest BCUT2D eigenvalue weighted by Crippen LogP contribution is 2.49. The summed E-state index contributed by atoms with van der Waals surface area (Å²) in [7, 11) is 2.18. The molecule has 3 nitrogen and oxygen atoms in total. The third-order valence-electron chi connectivity index (χ3n) is 6.44. The highest BCUT2D eigenvalue weighted by atomic mass is 16.6. The van der Waals surface area contributed by atoms with Gasteiger partial charge in [-0.15, -0.1) is 0 Å². The van der Waals surface area contributed by atoms with Crippen LogP contribution in [0, 0.1) is 17.8 Å². The Kier molecular flexibility index (Phi) is 5.06. The third kappa shape index (κ3) is 3.60. The van der Waals surface area contributed by atoms with Gasteiger partial charge in [0.1, 0.15) is 11.6 Å². The second-order valence-corrected chi connectivity index (χ2v) is 9.13. The number of esters is 1. The Morgan fingerprint density at radius 2 is 1.57 bits per heavy atom. The maximum absolute atomic E-state index is 13.0. The van der Waals surface area contributed by atoms with Crippen molar-refractivity contribution in [1.29, 1.82) is 0 Å². The lowest BCUT2D eigenvalue weighted by Crippen LogP contribution is -2.45. The molecule has 0 radical (unpaired) electrons. The van der Waals surface area contributed by atoms with Crippen LogP contribution in [0.3, 0.4) is 0 Å². The van der Waals surface area contributed by atoms with Crippen LogP contribution in [0.5, 0.6) is 0 Å². The van der Waals surface area contributed by atoms with Crippen LogP contribution < -0.4 is 0 Å². The molecule has 3 rings (SSSR count).